The van der Waals surface area contributed by atoms with Crippen molar-refractivity contribution in [2.45, 2.75) is 43.2 Å². The molecule has 0 radical (unpaired) electrons. The largest absolute Gasteiger partial charge is 0.353 e. The highest BCUT2D eigenvalue weighted by Crippen LogP contribution is 2.31. The van der Waals surface area contributed by atoms with Crippen molar-refractivity contribution in [3.63, 3.8) is 0 Å². The van der Waals surface area contributed by atoms with Crippen LogP contribution in [-0.2, 0) is 16.0 Å². The standard InChI is InChI=1S/C16H22N2O2S/c1-11-14(15(20)17-10-16(2,3)21-11)18-13(19)9-12-7-5-4-6-8-12/h4-8,11,14H,9-10H2,1-3H3,(H,17,20)(H,18,19)/t11?,14-/m0/s1. The van der Waals surface area contributed by atoms with E-state index in [-0.39, 0.29) is 21.8 Å². The van der Waals surface area contributed by atoms with Crippen molar-refractivity contribution in [3.05, 3.63) is 35.9 Å². The third-order valence-corrected chi connectivity index (χ3v) is 4.90. The van der Waals surface area contributed by atoms with E-state index >= 15 is 0 Å². The van der Waals surface area contributed by atoms with Gasteiger partial charge in [-0.3, -0.25) is 9.59 Å². The number of rotatable bonds is 3. The number of benzene rings is 1. The van der Waals surface area contributed by atoms with Gasteiger partial charge in [0.25, 0.3) is 0 Å². The van der Waals surface area contributed by atoms with Crippen molar-refractivity contribution in [1.82, 2.24) is 10.6 Å². The van der Waals surface area contributed by atoms with Crippen LogP contribution in [0.2, 0.25) is 0 Å². The van der Waals surface area contributed by atoms with E-state index in [1.165, 1.54) is 0 Å². The molecule has 0 aliphatic carbocycles. The summed E-state index contributed by atoms with van der Waals surface area (Å²) < 4.78 is -0.0199. The third kappa shape index (κ3) is 4.49. The average Bonchev–Trinajstić information content (AvgIpc) is 2.51. The van der Waals surface area contributed by atoms with Gasteiger partial charge in [-0.05, 0) is 19.4 Å². The maximum absolute atomic E-state index is 12.2. The Bertz CT molecular complexity index is 516. The first kappa shape index (κ1) is 15.9. The molecule has 21 heavy (non-hydrogen) atoms. The Morgan fingerprint density at radius 1 is 1.38 bits per heavy atom. The minimum absolute atomic E-state index is 0.0199. The first-order valence-corrected chi connectivity index (χ1v) is 8.04. The maximum atomic E-state index is 12.2. The fourth-order valence-corrected chi connectivity index (χ4v) is 3.91. The van der Waals surface area contributed by atoms with Gasteiger partial charge >= 0.3 is 0 Å². The Morgan fingerprint density at radius 2 is 2.05 bits per heavy atom. The SMILES string of the molecule is CC1SC(C)(C)CNC(=O)[C@H]1NC(=O)Cc1ccccc1. The third-order valence-electron chi connectivity index (χ3n) is 3.47. The van der Waals surface area contributed by atoms with E-state index in [0.717, 1.165) is 5.56 Å². The highest BCUT2D eigenvalue weighted by molar-refractivity contribution is 8.01. The molecule has 1 aromatic carbocycles. The number of hydrogen-bond donors (Lipinski definition) is 2. The topological polar surface area (TPSA) is 58.2 Å². The monoisotopic (exact) mass is 306 g/mol. The normalized spacial score (nSPS) is 24.8. The van der Waals surface area contributed by atoms with Crippen LogP contribution in [0.4, 0.5) is 0 Å². The molecular weight excluding hydrogens is 284 g/mol. The lowest BCUT2D eigenvalue weighted by Gasteiger charge is -2.25. The van der Waals surface area contributed by atoms with Gasteiger partial charge in [-0.15, -0.1) is 11.8 Å². The summed E-state index contributed by atoms with van der Waals surface area (Å²) in [5.74, 6) is -0.213. The summed E-state index contributed by atoms with van der Waals surface area (Å²) in [6.07, 6.45) is 0.297. The van der Waals surface area contributed by atoms with Crippen molar-refractivity contribution >= 4 is 23.6 Å². The molecule has 2 atom stereocenters. The Kier molecular flexibility index (Phi) is 4.93. The predicted molar refractivity (Wildman–Crippen MR) is 86.2 cm³/mol. The lowest BCUT2D eigenvalue weighted by molar-refractivity contribution is -0.128. The summed E-state index contributed by atoms with van der Waals surface area (Å²) in [6.45, 7) is 6.81. The van der Waals surface area contributed by atoms with E-state index in [0.29, 0.717) is 13.0 Å². The molecule has 1 saturated heterocycles. The van der Waals surface area contributed by atoms with Gasteiger partial charge < -0.3 is 10.6 Å². The molecule has 114 valence electrons. The molecule has 2 rings (SSSR count). The van der Waals surface area contributed by atoms with Crippen molar-refractivity contribution < 1.29 is 9.59 Å². The number of carbonyl (C=O) groups excluding carboxylic acids is 2. The van der Waals surface area contributed by atoms with Gasteiger partial charge in [-0.25, -0.2) is 0 Å². The van der Waals surface area contributed by atoms with Crippen molar-refractivity contribution in [2.75, 3.05) is 6.54 Å². The quantitative estimate of drug-likeness (QED) is 0.894. The highest BCUT2D eigenvalue weighted by Gasteiger charge is 2.36. The maximum Gasteiger partial charge on any atom is 0.243 e. The highest BCUT2D eigenvalue weighted by atomic mass is 32.2. The van der Waals surface area contributed by atoms with Crippen LogP contribution in [0, 0.1) is 0 Å². The predicted octanol–water partition coefficient (Wildman–Crippen LogP) is 1.74. The Balaban J connectivity index is 2.00. The lowest BCUT2D eigenvalue weighted by atomic mass is 10.1. The Labute approximate surface area is 130 Å². The molecule has 2 N–H and O–H groups in total. The molecule has 0 bridgehead atoms. The van der Waals surface area contributed by atoms with Crippen LogP contribution in [-0.4, -0.2) is 34.4 Å². The molecule has 0 spiro atoms. The van der Waals surface area contributed by atoms with Gasteiger partial charge in [0.2, 0.25) is 11.8 Å². The van der Waals surface area contributed by atoms with Crippen molar-refractivity contribution in [3.8, 4) is 0 Å². The van der Waals surface area contributed by atoms with Crippen LogP contribution in [0.1, 0.15) is 26.3 Å². The minimum Gasteiger partial charge on any atom is -0.353 e. The average molecular weight is 306 g/mol. The van der Waals surface area contributed by atoms with E-state index in [1.54, 1.807) is 11.8 Å². The summed E-state index contributed by atoms with van der Waals surface area (Å²) in [6, 6.07) is 9.07. The molecule has 1 fully saturated rings. The molecule has 2 amide bonds. The molecule has 1 aliphatic heterocycles. The molecule has 1 heterocycles. The molecule has 1 aliphatic rings. The first-order valence-electron chi connectivity index (χ1n) is 7.16. The summed E-state index contributed by atoms with van der Waals surface area (Å²) in [4.78, 5) is 24.3. The van der Waals surface area contributed by atoms with E-state index in [4.69, 9.17) is 0 Å². The van der Waals surface area contributed by atoms with Crippen LogP contribution in [0.15, 0.2) is 30.3 Å². The molecule has 1 unspecified atom stereocenters. The summed E-state index contributed by atoms with van der Waals surface area (Å²) in [5.41, 5.74) is 0.949. The van der Waals surface area contributed by atoms with Gasteiger partial charge in [0.15, 0.2) is 0 Å². The smallest absolute Gasteiger partial charge is 0.243 e. The number of carbonyl (C=O) groups is 2. The number of thioether (sulfide) groups is 1. The fraction of sp³-hybridized carbons (Fsp3) is 0.500. The molecule has 1 aromatic rings. The first-order chi connectivity index (χ1) is 9.87. The molecule has 0 aromatic heterocycles. The van der Waals surface area contributed by atoms with E-state index in [1.807, 2.05) is 37.3 Å². The molecule has 4 nitrogen and oxygen atoms in total. The zero-order valence-corrected chi connectivity index (χ0v) is 13.5. The van der Waals surface area contributed by atoms with E-state index in [9.17, 15) is 9.59 Å². The second-order valence-corrected chi connectivity index (χ2v) is 8.09. The molecular formula is C16H22N2O2S. The van der Waals surface area contributed by atoms with Crippen LogP contribution >= 0.6 is 11.8 Å². The zero-order valence-electron chi connectivity index (χ0n) is 12.7. The lowest BCUT2D eigenvalue weighted by Crippen LogP contribution is -2.50. The number of hydrogen-bond acceptors (Lipinski definition) is 3. The summed E-state index contributed by atoms with van der Waals surface area (Å²) >= 11 is 1.73. The summed E-state index contributed by atoms with van der Waals surface area (Å²) in [5, 5.41) is 5.83. The Morgan fingerprint density at radius 3 is 2.71 bits per heavy atom. The van der Waals surface area contributed by atoms with E-state index < -0.39 is 6.04 Å². The van der Waals surface area contributed by atoms with Gasteiger partial charge in [0.1, 0.15) is 6.04 Å². The van der Waals surface area contributed by atoms with Crippen molar-refractivity contribution in [2.24, 2.45) is 0 Å². The van der Waals surface area contributed by atoms with Crippen LogP contribution in [0.3, 0.4) is 0 Å². The molecule has 5 heteroatoms. The number of nitrogens with one attached hydrogen (secondary N) is 2. The summed E-state index contributed by atoms with van der Waals surface area (Å²) in [7, 11) is 0. The van der Waals surface area contributed by atoms with E-state index in [2.05, 4.69) is 24.5 Å². The van der Waals surface area contributed by atoms with Gasteiger partial charge in [-0.2, -0.15) is 0 Å². The van der Waals surface area contributed by atoms with Gasteiger partial charge in [0.05, 0.1) is 6.42 Å². The van der Waals surface area contributed by atoms with Crippen molar-refractivity contribution in [1.29, 1.82) is 0 Å². The Hall–Kier alpha value is -1.49. The van der Waals surface area contributed by atoms with Gasteiger partial charge in [-0.1, -0.05) is 37.3 Å². The van der Waals surface area contributed by atoms with Crippen LogP contribution < -0.4 is 10.6 Å². The molecule has 0 saturated carbocycles. The van der Waals surface area contributed by atoms with Gasteiger partial charge in [0, 0.05) is 16.5 Å². The minimum atomic E-state index is -0.479. The van der Waals surface area contributed by atoms with Crippen LogP contribution in [0.25, 0.3) is 0 Å². The zero-order chi connectivity index (χ0) is 15.5. The number of amides is 2. The second kappa shape index (κ2) is 6.52. The van der Waals surface area contributed by atoms with Crippen LogP contribution in [0.5, 0.6) is 0 Å². The fourth-order valence-electron chi connectivity index (χ4n) is 2.42. The second-order valence-electron chi connectivity index (χ2n) is 6.01.